The molecule has 1 saturated heterocycles. The van der Waals surface area contributed by atoms with Crippen LogP contribution in [0.5, 0.6) is 0 Å². The van der Waals surface area contributed by atoms with E-state index in [9.17, 15) is 0 Å². The first kappa shape index (κ1) is 12.1. The minimum atomic E-state index is 0.156. The van der Waals surface area contributed by atoms with Crippen molar-refractivity contribution in [2.75, 3.05) is 29.5 Å². The fourth-order valence-electron chi connectivity index (χ4n) is 1.91. The van der Waals surface area contributed by atoms with Crippen LogP contribution in [0.1, 0.15) is 12.0 Å². The van der Waals surface area contributed by atoms with Crippen LogP contribution in [0.4, 0.5) is 5.69 Å². The second kappa shape index (κ2) is 5.82. The lowest BCUT2D eigenvalue weighted by Gasteiger charge is -2.22. The Morgan fingerprint density at radius 3 is 2.71 bits per heavy atom. The van der Waals surface area contributed by atoms with Crippen LogP contribution >= 0.6 is 11.8 Å². The Balaban J connectivity index is 2.11. The van der Waals surface area contributed by atoms with Gasteiger partial charge in [0, 0.05) is 30.1 Å². The molecule has 1 aliphatic rings. The lowest BCUT2D eigenvalue weighted by molar-refractivity contribution is 0.318. The molecule has 17 heavy (non-hydrogen) atoms. The summed E-state index contributed by atoms with van der Waals surface area (Å²) in [5.74, 6) is 2.59. The van der Waals surface area contributed by atoms with Crippen molar-refractivity contribution >= 4 is 23.3 Å². The van der Waals surface area contributed by atoms with Gasteiger partial charge in [-0.1, -0.05) is 5.16 Å². The van der Waals surface area contributed by atoms with E-state index in [1.807, 2.05) is 36.0 Å². The Kier molecular flexibility index (Phi) is 4.14. The molecule has 0 amide bonds. The number of nitrogens with zero attached hydrogens (tertiary/aromatic N) is 2. The minimum Gasteiger partial charge on any atom is -0.409 e. The maximum atomic E-state index is 8.59. The number of rotatable bonds is 2. The van der Waals surface area contributed by atoms with Gasteiger partial charge in [0.05, 0.1) is 0 Å². The third-order valence-corrected chi connectivity index (χ3v) is 3.91. The van der Waals surface area contributed by atoms with Crippen LogP contribution < -0.4 is 10.6 Å². The molecule has 0 aliphatic carbocycles. The molecular formula is C12H17N3OS. The van der Waals surface area contributed by atoms with E-state index in [1.54, 1.807) is 0 Å². The Morgan fingerprint density at radius 2 is 2.00 bits per heavy atom. The number of hydrogen-bond donors (Lipinski definition) is 2. The van der Waals surface area contributed by atoms with Crippen molar-refractivity contribution in [1.29, 1.82) is 0 Å². The number of thioether (sulfide) groups is 1. The van der Waals surface area contributed by atoms with Crippen LogP contribution in [0.2, 0.25) is 0 Å². The molecule has 0 bridgehead atoms. The monoisotopic (exact) mass is 251 g/mol. The number of hydrogen-bond acceptors (Lipinski definition) is 4. The Bertz CT molecular complexity index is 383. The summed E-state index contributed by atoms with van der Waals surface area (Å²) in [6.45, 7) is 2.20. The van der Waals surface area contributed by atoms with Gasteiger partial charge in [-0.05, 0) is 36.4 Å². The number of nitrogens with two attached hydrogens (primary N) is 1. The van der Waals surface area contributed by atoms with Crippen LogP contribution in [-0.2, 0) is 0 Å². The average molecular weight is 251 g/mol. The summed E-state index contributed by atoms with van der Waals surface area (Å²) in [6, 6.07) is 7.84. The molecule has 0 saturated carbocycles. The van der Waals surface area contributed by atoms with Gasteiger partial charge in [-0.25, -0.2) is 0 Å². The standard InChI is InChI=1S/C12H17N3OS/c13-12(14-16)10-2-4-11(5-3-10)15-6-1-8-17-9-7-15/h2-5,16H,1,6-9H2,(H2,13,14). The topological polar surface area (TPSA) is 61.9 Å². The summed E-state index contributed by atoms with van der Waals surface area (Å²) < 4.78 is 0. The number of amidine groups is 1. The van der Waals surface area contributed by atoms with Gasteiger partial charge in [0.25, 0.3) is 0 Å². The van der Waals surface area contributed by atoms with Crippen molar-refractivity contribution in [2.45, 2.75) is 6.42 Å². The Labute approximate surface area is 105 Å². The van der Waals surface area contributed by atoms with E-state index in [1.165, 1.54) is 23.6 Å². The van der Waals surface area contributed by atoms with Gasteiger partial charge < -0.3 is 15.8 Å². The molecule has 1 heterocycles. The molecule has 0 spiro atoms. The quantitative estimate of drug-likeness (QED) is 0.364. The third kappa shape index (κ3) is 3.06. The zero-order valence-corrected chi connectivity index (χ0v) is 10.5. The van der Waals surface area contributed by atoms with E-state index in [0.717, 1.165) is 18.7 Å². The Morgan fingerprint density at radius 1 is 1.24 bits per heavy atom. The van der Waals surface area contributed by atoms with Crippen molar-refractivity contribution < 1.29 is 5.21 Å². The maximum absolute atomic E-state index is 8.59. The molecule has 1 aliphatic heterocycles. The van der Waals surface area contributed by atoms with Crippen molar-refractivity contribution in [3.05, 3.63) is 29.8 Å². The van der Waals surface area contributed by atoms with Crippen LogP contribution in [0, 0.1) is 0 Å². The zero-order chi connectivity index (χ0) is 12.1. The fourth-order valence-corrected chi connectivity index (χ4v) is 2.79. The highest BCUT2D eigenvalue weighted by molar-refractivity contribution is 7.99. The lowest BCUT2D eigenvalue weighted by atomic mass is 10.2. The first-order valence-corrected chi connectivity index (χ1v) is 6.87. The van der Waals surface area contributed by atoms with Gasteiger partial charge in [0.2, 0.25) is 0 Å². The van der Waals surface area contributed by atoms with Crippen molar-refractivity contribution in [2.24, 2.45) is 10.9 Å². The zero-order valence-electron chi connectivity index (χ0n) is 9.67. The molecule has 0 atom stereocenters. The number of benzene rings is 1. The summed E-state index contributed by atoms with van der Waals surface area (Å²) in [5.41, 5.74) is 7.49. The molecular weight excluding hydrogens is 234 g/mol. The number of anilines is 1. The predicted octanol–water partition coefficient (Wildman–Crippen LogP) is 1.72. The van der Waals surface area contributed by atoms with Crippen molar-refractivity contribution in [1.82, 2.24) is 0 Å². The summed E-state index contributed by atoms with van der Waals surface area (Å²) in [7, 11) is 0. The molecule has 1 aromatic carbocycles. The molecule has 1 aromatic rings. The van der Waals surface area contributed by atoms with Crippen LogP contribution in [0.3, 0.4) is 0 Å². The van der Waals surface area contributed by atoms with Crippen LogP contribution in [0.25, 0.3) is 0 Å². The van der Waals surface area contributed by atoms with Crippen molar-refractivity contribution in [3.8, 4) is 0 Å². The molecule has 0 unspecified atom stereocenters. The molecule has 5 heteroatoms. The minimum absolute atomic E-state index is 0.156. The van der Waals surface area contributed by atoms with E-state index >= 15 is 0 Å². The van der Waals surface area contributed by atoms with Gasteiger partial charge in [-0.3, -0.25) is 0 Å². The summed E-state index contributed by atoms with van der Waals surface area (Å²) in [5, 5.41) is 11.6. The van der Waals surface area contributed by atoms with Gasteiger partial charge in [-0.15, -0.1) is 0 Å². The molecule has 2 rings (SSSR count). The van der Waals surface area contributed by atoms with Crippen LogP contribution in [-0.4, -0.2) is 35.6 Å². The molecule has 0 radical (unpaired) electrons. The highest BCUT2D eigenvalue weighted by atomic mass is 32.2. The predicted molar refractivity (Wildman–Crippen MR) is 73.1 cm³/mol. The fraction of sp³-hybridized carbons (Fsp3) is 0.417. The largest absolute Gasteiger partial charge is 0.409 e. The molecule has 4 nitrogen and oxygen atoms in total. The van der Waals surface area contributed by atoms with Gasteiger partial charge >= 0.3 is 0 Å². The second-order valence-corrected chi connectivity index (χ2v) is 5.21. The van der Waals surface area contributed by atoms with Gasteiger partial charge in [-0.2, -0.15) is 11.8 Å². The van der Waals surface area contributed by atoms with E-state index in [-0.39, 0.29) is 5.84 Å². The van der Waals surface area contributed by atoms with Crippen LogP contribution in [0.15, 0.2) is 29.4 Å². The SMILES string of the molecule is N/C(=N/O)c1ccc(N2CCCSCC2)cc1. The normalized spacial score (nSPS) is 17.9. The summed E-state index contributed by atoms with van der Waals surface area (Å²) in [6.07, 6.45) is 1.23. The molecule has 0 aromatic heterocycles. The van der Waals surface area contributed by atoms with Gasteiger partial charge in [0.15, 0.2) is 5.84 Å². The smallest absolute Gasteiger partial charge is 0.170 e. The molecule has 92 valence electrons. The van der Waals surface area contributed by atoms with Crippen molar-refractivity contribution in [3.63, 3.8) is 0 Å². The highest BCUT2D eigenvalue weighted by Gasteiger charge is 2.10. The first-order valence-electron chi connectivity index (χ1n) is 5.72. The van der Waals surface area contributed by atoms with E-state index in [4.69, 9.17) is 10.9 Å². The van der Waals surface area contributed by atoms with E-state index < -0.39 is 0 Å². The summed E-state index contributed by atoms with van der Waals surface area (Å²) >= 11 is 2.01. The summed E-state index contributed by atoms with van der Waals surface area (Å²) in [4.78, 5) is 2.38. The third-order valence-electron chi connectivity index (χ3n) is 2.86. The number of oxime groups is 1. The average Bonchev–Trinajstić information content (AvgIpc) is 2.67. The molecule has 1 fully saturated rings. The van der Waals surface area contributed by atoms with Gasteiger partial charge in [0.1, 0.15) is 0 Å². The highest BCUT2D eigenvalue weighted by Crippen LogP contribution is 2.19. The maximum Gasteiger partial charge on any atom is 0.170 e. The first-order chi connectivity index (χ1) is 8.31. The molecule has 3 N–H and O–H groups in total. The van der Waals surface area contributed by atoms with E-state index in [0.29, 0.717) is 0 Å². The second-order valence-electron chi connectivity index (χ2n) is 3.99. The lowest BCUT2D eigenvalue weighted by Crippen LogP contribution is -2.25. The van der Waals surface area contributed by atoms with E-state index in [2.05, 4.69) is 10.1 Å². The Hall–Kier alpha value is -1.36.